The van der Waals surface area contributed by atoms with Crippen molar-refractivity contribution in [2.75, 3.05) is 5.43 Å². The van der Waals surface area contributed by atoms with Crippen molar-refractivity contribution < 1.29 is 0 Å². The average molecular weight is 297 g/mol. The molecule has 0 aliphatic heterocycles. The summed E-state index contributed by atoms with van der Waals surface area (Å²) in [5.74, 6) is 0. The normalized spacial score (nSPS) is 11.1. The number of aryl methyl sites for hydroxylation is 2. The lowest BCUT2D eigenvalue weighted by Crippen LogP contribution is -2.01. The summed E-state index contributed by atoms with van der Waals surface area (Å²) >= 11 is 1.54. The van der Waals surface area contributed by atoms with Gasteiger partial charge in [0.2, 0.25) is 5.13 Å². The van der Waals surface area contributed by atoms with E-state index in [0.29, 0.717) is 0 Å². The van der Waals surface area contributed by atoms with E-state index in [0.717, 1.165) is 22.1 Å². The van der Waals surface area contributed by atoms with Crippen molar-refractivity contribution in [2.24, 2.45) is 5.10 Å². The van der Waals surface area contributed by atoms with Gasteiger partial charge in [0.25, 0.3) is 0 Å². The topological polar surface area (TPSA) is 55.1 Å². The summed E-state index contributed by atoms with van der Waals surface area (Å²) in [6.45, 7) is 4.02. The van der Waals surface area contributed by atoms with Crippen LogP contribution in [0.2, 0.25) is 0 Å². The van der Waals surface area contributed by atoms with Gasteiger partial charge in [-0.05, 0) is 32.0 Å². The first-order valence-electron chi connectivity index (χ1n) is 6.54. The molecule has 1 N–H and O–H groups in total. The van der Waals surface area contributed by atoms with Gasteiger partial charge in [0.1, 0.15) is 0 Å². The third kappa shape index (κ3) is 3.17. The Hall–Kier alpha value is -2.47. The summed E-state index contributed by atoms with van der Waals surface area (Å²) in [6.07, 6.45) is 5.47. The Morgan fingerprint density at radius 1 is 1.33 bits per heavy atom. The lowest BCUT2D eigenvalue weighted by Gasteiger charge is -2.06. The molecule has 0 bridgehead atoms. The maximum Gasteiger partial charge on any atom is 0.203 e. The monoisotopic (exact) mass is 297 g/mol. The lowest BCUT2D eigenvalue weighted by atomic mass is 10.1. The van der Waals surface area contributed by atoms with E-state index in [4.69, 9.17) is 0 Å². The molecule has 0 aliphatic rings. The fourth-order valence-electron chi connectivity index (χ4n) is 1.96. The van der Waals surface area contributed by atoms with Crippen molar-refractivity contribution in [1.29, 1.82) is 0 Å². The van der Waals surface area contributed by atoms with Crippen LogP contribution in [0.1, 0.15) is 16.8 Å². The Bertz CT molecular complexity index is 758. The van der Waals surface area contributed by atoms with E-state index in [1.54, 1.807) is 12.4 Å². The van der Waals surface area contributed by atoms with E-state index in [9.17, 15) is 0 Å². The first-order chi connectivity index (χ1) is 10.2. The standard InChI is InChI=1S/C15H15N5S/c1-11-4-5-14(20-7-3-6-17-20)13(8-11)9-16-19-15-18-12(2)10-21-15/h3-10H,1-2H3,(H,18,19). The molecular weight excluding hydrogens is 282 g/mol. The highest BCUT2D eigenvalue weighted by molar-refractivity contribution is 7.13. The molecule has 0 saturated heterocycles. The number of thiazole rings is 1. The molecule has 0 saturated carbocycles. The Kier molecular flexibility index (Phi) is 3.79. The molecule has 2 heterocycles. The van der Waals surface area contributed by atoms with Crippen LogP contribution in [0.25, 0.3) is 5.69 Å². The molecule has 0 amide bonds. The molecular formula is C15H15N5S. The molecule has 3 rings (SSSR count). The summed E-state index contributed by atoms with van der Waals surface area (Å²) in [4.78, 5) is 4.31. The predicted molar refractivity (Wildman–Crippen MR) is 86.4 cm³/mol. The zero-order valence-electron chi connectivity index (χ0n) is 11.8. The second kappa shape index (κ2) is 5.88. The molecule has 2 aromatic heterocycles. The van der Waals surface area contributed by atoms with Gasteiger partial charge in [-0.3, -0.25) is 5.43 Å². The van der Waals surface area contributed by atoms with Gasteiger partial charge in [-0.1, -0.05) is 11.6 Å². The number of hydrogen-bond acceptors (Lipinski definition) is 5. The number of nitrogens with one attached hydrogen (secondary N) is 1. The Labute approximate surface area is 127 Å². The minimum absolute atomic E-state index is 0.789. The third-order valence-corrected chi connectivity index (χ3v) is 3.78. The van der Waals surface area contributed by atoms with E-state index in [1.165, 1.54) is 16.9 Å². The summed E-state index contributed by atoms with van der Waals surface area (Å²) in [5.41, 5.74) is 7.11. The van der Waals surface area contributed by atoms with Gasteiger partial charge >= 0.3 is 0 Å². The van der Waals surface area contributed by atoms with Crippen molar-refractivity contribution in [1.82, 2.24) is 14.8 Å². The van der Waals surface area contributed by atoms with Gasteiger partial charge in [0.15, 0.2) is 0 Å². The van der Waals surface area contributed by atoms with Crippen molar-refractivity contribution in [3.63, 3.8) is 0 Å². The minimum Gasteiger partial charge on any atom is -0.253 e. The predicted octanol–water partition coefficient (Wildman–Crippen LogP) is 3.39. The highest BCUT2D eigenvalue weighted by Crippen LogP contribution is 2.16. The number of rotatable bonds is 4. The van der Waals surface area contributed by atoms with E-state index in [-0.39, 0.29) is 0 Å². The van der Waals surface area contributed by atoms with Gasteiger partial charge in [0.05, 0.1) is 17.6 Å². The van der Waals surface area contributed by atoms with Gasteiger partial charge in [-0.15, -0.1) is 11.3 Å². The highest BCUT2D eigenvalue weighted by Gasteiger charge is 2.03. The molecule has 5 nitrogen and oxygen atoms in total. The van der Waals surface area contributed by atoms with E-state index >= 15 is 0 Å². The average Bonchev–Trinajstić information content (AvgIpc) is 3.11. The first-order valence-corrected chi connectivity index (χ1v) is 7.42. The molecule has 0 spiro atoms. The van der Waals surface area contributed by atoms with E-state index < -0.39 is 0 Å². The van der Waals surface area contributed by atoms with Crippen molar-refractivity contribution in [2.45, 2.75) is 13.8 Å². The maximum absolute atomic E-state index is 4.31. The fraction of sp³-hybridized carbons (Fsp3) is 0.133. The van der Waals surface area contributed by atoms with Crippen LogP contribution in [0.15, 0.2) is 47.1 Å². The highest BCUT2D eigenvalue weighted by atomic mass is 32.1. The summed E-state index contributed by atoms with van der Waals surface area (Å²) in [7, 11) is 0. The van der Waals surface area contributed by atoms with E-state index in [2.05, 4.69) is 39.7 Å². The van der Waals surface area contributed by atoms with Gasteiger partial charge in [-0.2, -0.15) is 10.2 Å². The van der Waals surface area contributed by atoms with Crippen LogP contribution in [0.3, 0.4) is 0 Å². The van der Waals surface area contributed by atoms with Crippen LogP contribution in [0.4, 0.5) is 5.13 Å². The molecule has 1 aromatic carbocycles. The zero-order valence-corrected chi connectivity index (χ0v) is 12.6. The SMILES string of the molecule is Cc1ccc(-n2cccn2)c(C=NNc2nc(C)cs2)c1. The number of anilines is 1. The fourth-order valence-corrected chi connectivity index (χ4v) is 2.60. The minimum atomic E-state index is 0.789. The molecule has 0 radical (unpaired) electrons. The van der Waals surface area contributed by atoms with Gasteiger partial charge in [-0.25, -0.2) is 9.67 Å². The number of aromatic nitrogens is 3. The molecule has 21 heavy (non-hydrogen) atoms. The largest absolute Gasteiger partial charge is 0.253 e. The molecule has 0 atom stereocenters. The van der Waals surface area contributed by atoms with Crippen LogP contribution < -0.4 is 5.43 Å². The second-order valence-corrected chi connectivity index (χ2v) is 5.54. The number of benzene rings is 1. The van der Waals surface area contributed by atoms with Crippen molar-refractivity contribution in [3.05, 3.63) is 58.9 Å². The molecule has 0 fully saturated rings. The molecule has 6 heteroatoms. The first kappa shape index (κ1) is 13.5. The van der Waals surface area contributed by atoms with Crippen LogP contribution in [-0.4, -0.2) is 21.0 Å². The number of hydrogen-bond donors (Lipinski definition) is 1. The van der Waals surface area contributed by atoms with Crippen LogP contribution in [0.5, 0.6) is 0 Å². The van der Waals surface area contributed by atoms with Crippen molar-refractivity contribution in [3.8, 4) is 5.69 Å². The summed E-state index contributed by atoms with van der Waals surface area (Å²) < 4.78 is 1.83. The van der Waals surface area contributed by atoms with Crippen molar-refractivity contribution >= 4 is 22.7 Å². The van der Waals surface area contributed by atoms with Gasteiger partial charge < -0.3 is 0 Å². The summed E-state index contributed by atoms with van der Waals surface area (Å²) in [5, 5.41) is 11.3. The molecule has 0 unspecified atom stereocenters. The second-order valence-electron chi connectivity index (χ2n) is 4.68. The summed E-state index contributed by atoms with van der Waals surface area (Å²) in [6, 6.07) is 8.08. The van der Waals surface area contributed by atoms with Crippen LogP contribution in [-0.2, 0) is 0 Å². The lowest BCUT2D eigenvalue weighted by molar-refractivity contribution is 0.878. The van der Waals surface area contributed by atoms with Crippen LogP contribution in [0, 0.1) is 13.8 Å². The molecule has 106 valence electrons. The number of hydrazone groups is 1. The molecule has 0 aliphatic carbocycles. The van der Waals surface area contributed by atoms with Crippen LogP contribution >= 0.6 is 11.3 Å². The Morgan fingerprint density at radius 2 is 2.24 bits per heavy atom. The Morgan fingerprint density at radius 3 is 2.95 bits per heavy atom. The third-order valence-electron chi connectivity index (χ3n) is 2.92. The quantitative estimate of drug-likeness (QED) is 0.593. The Balaban J connectivity index is 1.85. The van der Waals surface area contributed by atoms with E-state index in [1.807, 2.05) is 35.3 Å². The van der Waals surface area contributed by atoms with Gasteiger partial charge in [0, 0.05) is 23.3 Å². The smallest absolute Gasteiger partial charge is 0.203 e. The number of nitrogens with zero attached hydrogens (tertiary/aromatic N) is 4. The maximum atomic E-state index is 4.31. The molecule has 3 aromatic rings. The zero-order chi connectivity index (χ0) is 14.7.